The van der Waals surface area contributed by atoms with Gasteiger partial charge in [-0.2, -0.15) is 0 Å². The fourth-order valence-electron chi connectivity index (χ4n) is 5.75. The van der Waals surface area contributed by atoms with Crippen molar-refractivity contribution in [3.05, 3.63) is 56.1 Å². The maximum absolute atomic E-state index is 6.74. The topological polar surface area (TPSA) is 70.3 Å². The Bertz CT molecular complexity index is 1250. The summed E-state index contributed by atoms with van der Waals surface area (Å²) in [5, 5.41) is 5.32. The van der Waals surface area contributed by atoms with Gasteiger partial charge >= 0.3 is 0 Å². The average molecular weight is 593 g/mol. The van der Waals surface area contributed by atoms with Crippen molar-refractivity contribution in [3.63, 3.8) is 0 Å². The van der Waals surface area contributed by atoms with Gasteiger partial charge in [-0.05, 0) is 80.3 Å². The van der Waals surface area contributed by atoms with Crippen LogP contribution in [0.5, 0.6) is 5.88 Å². The average Bonchev–Trinajstić information content (AvgIpc) is 3.64. The maximum atomic E-state index is 6.74. The molecule has 0 unspecified atom stereocenters. The summed E-state index contributed by atoms with van der Waals surface area (Å²) in [5.41, 5.74) is 3.46. The van der Waals surface area contributed by atoms with E-state index in [1.807, 2.05) is 13.0 Å². The molecule has 0 aliphatic heterocycles. The second-order valence-corrected chi connectivity index (χ2v) is 12.4. The van der Waals surface area contributed by atoms with E-state index in [0.717, 1.165) is 78.6 Å². The predicted octanol–water partition coefficient (Wildman–Crippen LogP) is 8.08. The van der Waals surface area contributed by atoms with Crippen LogP contribution < -0.4 is 4.74 Å². The summed E-state index contributed by atoms with van der Waals surface area (Å²) >= 11 is 16.4. The van der Waals surface area contributed by atoms with Gasteiger partial charge in [0.2, 0.25) is 5.88 Å². The summed E-state index contributed by atoms with van der Waals surface area (Å²) in [5.74, 6) is 2.05. The molecule has 4 fully saturated rings. The number of hydrogen-bond acceptors (Lipinski definition) is 6. The van der Waals surface area contributed by atoms with E-state index in [1.54, 1.807) is 18.6 Å². The quantitative estimate of drug-likeness (QED) is 0.263. The molecule has 0 N–H and O–H groups in total. The maximum Gasteiger partial charge on any atom is 0.216 e. The monoisotopic (exact) mass is 591 g/mol. The highest BCUT2D eigenvalue weighted by atomic mass is 79.9. The molecule has 0 amide bonds. The zero-order valence-electron chi connectivity index (χ0n) is 20.2. The standard InChI is InChI=1S/C27H28BrCl2N3O3/c1-16-10-18(28)11-32-25(16)34-15-26-4-7-27(8-5-26,9-6-26)35-14-19-23(33-36-24(19)17-2-3-17)22-20(29)12-31-13-21(22)30/h10-13,17H,2-9,14-15H2,1H3. The first-order valence-electron chi connectivity index (χ1n) is 12.5. The van der Waals surface area contributed by atoms with Crippen molar-refractivity contribution in [2.75, 3.05) is 6.61 Å². The molecular weight excluding hydrogens is 565 g/mol. The van der Waals surface area contributed by atoms with Crippen molar-refractivity contribution < 1.29 is 14.0 Å². The summed E-state index contributed by atoms with van der Waals surface area (Å²) in [6.45, 7) is 3.19. The number of rotatable bonds is 8. The van der Waals surface area contributed by atoms with Gasteiger partial charge in [0, 0.05) is 51.1 Å². The molecule has 2 bridgehead atoms. The molecule has 3 aromatic rings. The Morgan fingerprint density at radius 1 is 1.06 bits per heavy atom. The summed E-state index contributed by atoms with van der Waals surface area (Å²) < 4.78 is 19.7. The first kappa shape index (κ1) is 24.7. The molecule has 0 spiro atoms. The first-order chi connectivity index (χ1) is 17.4. The molecule has 3 aromatic heterocycles. The molecule has 0 aromatic carbocycles. The Balaban J connectivity index is 1.15. The molecule has 4 aliphatic rings. The van der Waals surface area contributed by atoms with Crippen molar-refractivity contribution in [1.29, 1.82) is 0 Å². The lowest BCUT2D eigenvalue weighted by atomic mass is 9.59. The van der Waals surface area contributed by atoms with Crippen LogP contribution in [0.4, 0.5) is 0 Å². The smallest absolute Gasteiger partial charge is 0.216 e. The summed E-state index contributed by atoms with van der Waals surface area (Å²) in [7, 11) is 0. The van der Waals surface area contributed by atoms with E-state index in [2.05, 4.69) is 31.1 Å². The van der Waals surface area contributed by atoms with Crippen molar-refractivity contribution in [2.45, 2.75) is 76.4 Å². The van der Waals surface area contributed by atoms with Crippen LogP contribution in [0.25, 0.3) is 11.3 Å². The Labute approximate surface area is 229 Å². The molecule has 4 saturated carbocycles. The van der Waals surface area contributed by atoms with E-state index in [4.69, 9.17) is 37.2 Å². The van der Waals surface area contributed by atoms with Crippen LogP contribution in [-0.4, -0.2) is 27.3 Å². The van der Waals surface area contributed by atoms with E-state index < -0.39 is 0 Å². The lowest BCUT2D eigenvalue weighted by Crippen LogP contribution is -2.49. The van der Waals surface area contributed by atoms with Gasteiger partial charge < -0.3 is 14.0 Å². The van der Waals surface area contributed by atoms with Crippen LogP contribution in [0.3, 0.4) is 0 Å². The largest absolute Gasteiger partial charge is 0.477 e. The van der Waals surface area contributed by atoms with Gasteiger partial charge in [-0.15, -0.1) is 0 Å². The highest BCUT2D eigenvalue weighted by Crippen LogP contribution is 2.55. The molecular formula is C27H28BrCl2N3O3. The number of aryl methyl sites for hydroxylation is 1. The van der Waals surface area contributed by atoms with Crippen LogP contribution >= 0.6 is 39.1 Å². The van der Waals surface area contributed by atoms with Crippen LogP contribution in [0.1, 0.15) is 74.2 Å². The third-order valence-corrected chi connectivity index (χ3v) is 9.23. The number of hydrogen-bond donors (Lipinski definition) is 0. The van der Waals surface area contributed by atoms with Crippen LogP contribution in [0.2, 0.25) is 10.0 Å². The van der Waals surface area contributed by atoms with Crippen LogP contribution in [0, 0.1) is 12.3 Å². The fraction of sp³-hybridized carbons (Fsp3) is 0.519. The van der Waals surface area contributed by atoms with E-state index in [-0.39, 0.29) is 11.0 Å². The molecule has 7 rings (SSSR count). The van der Waals surface area contributed by atoms with E-state index in [9.17, 15) is 0 Å². The molecule has 4 aliphatic carbocycles. The highest BCUT2D eigenvalue weighted by Gasteiger charge is 2.50. The van der Waals surface area contributed by atoms with Crippen molar-refractivity contribution >= 4 is 39.1 Å². The summed E-state index contributed by atoms with van der Waals surface area (Å²) in [6.07, 6.45) is 13.6. The summed E-state index contributed by atoms with van der Waals surface area (Å²) in [6, 6.07) is 2.04. The normalized spacial score (nSPS) is 25.3. The lowest BCUT2D eigenvalue weighted by Gasteiger charge is -2.52. The van der Waals surface area contributed by atoms with Crippen LogP contribution in [-0.2, 0) is 11.3 Å². The van der Waals surface area contributed by atoms with Gasteiger partial charge in [-0.3, -0.25) is 4.98 Å². The van der Waals surface area contributed by atoms with Crippen molar-refractivity contribution in [2.24, 2.45) is 5.41 Å². The highest BCUT2D eigenvalue weighted by molar-refractivity contribution is 9.10. The Morgan fingerprint density at radius 2 is 1.75 bits per heavy atom. The SMILES string of the molecule is Cc1cc(Br)cnc1OCC12CCC(OCc3c(-c4c(Cl)cncc4Cl)noc3C3CC3)(CC1)CC2. The van der Waals surface area contributed by atoms with E-state index in [1.165, 1.54) is 0 Å². The fourth-order valence-corrected chi connectivity index (χ4v) is 6.74. The van der Waals surface area contributed by atoms with Gasteiger partial charge in [-0.25, -0.2) is 4.98 Å². The number of ether oxygens (including phenoxy) is 2. The number of halogens is 3. The molecule has 0 radical (unpaired) electrons. The van der Waals surface area contributed by atoms with E-state index in [0.29, 0.717) is 40.4 Å². The van der Waals surface area contributed by atoms with Crippen LogP contribution in [0.15, 0.2) is 33.7 Å². The van der Waals surface area contributed by atoms with Gasteiger partial charge in [0.25, 0.3) is 0 Å². The minimum absolute atomic E-state index is 0.116. The zero-order valence-corrected chi connectivity index (χ0v) is 23.3. The van der Waals surface area contributed by atoms with Crippen molar-refractivity contribution in [3.8, 4) is 17.1 Å². The number of fused-ring (bicyclic) bond motifs is 3. The van der Waals surface area contributed by atoms with Gasteiger partial charge in [0.15, 0.2) is 0 Å². The molecule has 6 nitrogen and oxygen atoms in total. The van der Waals surface area contributed by atoms with Gasteiger partial charge in [0.05, 0.1) is 28.9 Å². The zero-order chi connectivity index (χ0) is 24.9. The second-order valence-electron chi connectivity index (χ2n) is 10.7. The van der Waals surface area contributed by atoms with Gasteiger partial charge in [0.1, 0.15) is 11.5 Å². The summed E-state index contributed by atoms with van der Waals surface area (Å²) in [4.78, 5) is 8.54. The van der Waals surface area contributed by atoms with Crippen molar-refractivity contribution in [1.82, 2.24) is 15.1 Å². The number of pyridine rings is 2. The second kappa shape index (κ2) is 9.57. The molecule has 36 heavy (non-hydrogen) atoms. The third-order valence-electron chi connectivity index (χ3n) is 8.22. The number of aromatic nitrogens is 3. The Kier molecular flexibility index (Phi) is 6.56. The van der Waals surface area contributed by atoms with Gasteiger partial charge in [-0.1, -0.05) is 28.4 Å². The first-order valence-corrected chi connectivity index (χ1v) is 14.1. The third kappa shape index (κ3) is 4.68. The molecule has 190 valence electrons. The Morgan fingerprint density at radius 3 is 2.39 bits per heavy atom. The minimum atomic E-state index is -0.116. The lowest BCUT2D eigenvalue weighted by molar-refractivity contribution is -0.150. The minimum Gasteiger partial charge on any atom is -0.477 e. The Hall–Kier alpha value is -1.67. The predicted molar refractivity (Wildman–Crippen MR) is 142 cm³/mol. The molecule has 3 heterocycles. The molecule has 9 heteroatoms. The molecule has 0 saturated heterocycles. The molecule has 0 atom stereocenters. The number of nitrogens with zero attached hydrogens (tertiary/aromatic N) is 3. The van der Waals surface area contributed by atoms with E-state index >= 15 is 0 Å².